The second-order valence-electron chi connectivity index (χ2n) is 4.30. The number of carbonyl (C=O) groups is 2. The zero-order chi connectivity index (χ0) is 15.2. The number of carboxylic acids is 2. The van der Waals surface area contributed by atoms with Gasteiger partial charge in [-0.05, 0) is 6.04 Å². The van der Waals surface area contributed by atoms with Crippen LogP contribution in [0.3, 0.4) is 0 Å². The zero-order valence-corrected chi connectivity index (χ0v) is 12.8. The molecule has 110 valence electrons. The van der Waals surface area contributed by atoms with Gasteiger partial charge in [-0.1, -0.05) is 35.5 Å². The summed E-state index contributed by atoms with van der Waals surface area (Å²) in [5.41, 5.74) is 0. The van der Waals surface area contributed by atoms with Gasteiger partial charge in [0.15, 0.2) is 0 Å². The summed E-state index contributed by atoms with van der Waals surface area (Å²) in [7, 11) is 1.34. The van der Waals surface area contributed by atoms with Crippen molar-refractivity contribution in [3.8, 4) is 0 Å². The Hall–Kier alpha value is -1.70. The Labute approximate surface area is 119 Å². The van der Waals surface area contributed by atoms with E-state index < -0.39 is 33.2 Å². The zero-order valence-electron chi connectivity index (χ0n) is 11.4. The first-order chi connectivity index (χ1) is 9.47. The molecule has 7 heteroatoms. The van der Waals surface area contributed by atoms with Gasteiger partial charge in [0, 0.05) is 14.2 Å². The third-order valence-corrected chi connectivity index (χ3v) is 5.14. The van der Waals surface area contributed by atoms with E-state index in [-0.39, 0.29) is 6.04 Å². The maximum Gasteiger partial charge on any atom is 0.365 e. The minimum atomic E-state index is -2.15. The van der Waals surface area contributed by atoms with E-state index in [0.717, 1.165) is 19.4 Å². The highest BCUT2D eigenvalue weighted by Gasteiger charge is 2.51. The van der Waals surface area contributed by atoms with E-state index in [4.69, 9.17) is 9.47 Å². The van der Waals surface area contributed by atoms with Crippen LogP contribution in [0.15, 0.2) is 30.3 Å². The van der Waals surface area contributed by atoms with Crippen molar-refractivity contribution in [2.75, 3.05) is 14.2 Å². The lowest BCUT2D eigenvalue weighted by atomic mass is 10.0. The number of rotatable bonds is 8. The first-order valence-corrected chi connectivity index (χ1v) is 7.79. The Bertz CT molecular complexity index is 457. The van der Waals surface area contributed by atoms with Gasteiger partial charge in [-0.3, -0.25) is 4.79 Å². The summed E-state index contributed by atoms with van der Waals surface area (Å²) in [5, 5.41) is 19.6. The molecule has 0 aliphatic rings. The highest BCUT2D eigenvalue weighted by Crippen LogP contribution is 2.27. The molecular weight excluding hydrogens is 280 g/mol. The SMILES string of the molecule is COC(OC)(C(=O)O)C(C[SiH2]c1ccccc1)C(=O)O. The van der Waals surface area contributed by atoms with E-state index in [2.05, 4.69) is 0 Å². The summed E-state index contributed by atoms with van der Waals surface area (Å²) in [6.07, 6.45) is 0. The number of carboxylic acid groups (broad SMARTS) is 2. The highest BCUT2D eigenvalue weighted by molar-refractivity contribution is 6.53. The van der Waals surface area contributed by atoms with Crippen molar-refractivity contribution in [2.24, 2.45) is 5.92 Å². The summed E-state index contributed by atoms with van der Waals surface area (Å²) in [6.45, 7) is 0. The fourth-order valence-electron chi connectivity index (χ4n) is 2.12. The van der Waals surface area contributed by atoms with Crippen LogP contribution >= 0.6 is 0 Å². The van der Waals surface area contributed by atoms with Gasteiger partial charge in [-0.2, -0.15) is 0 Å². The summed E-state index contributed by atoms with van der Waals surface area (Å²) < 4.78 is 9.76. The maximum atomic E-state index is 11.4. The van der Waals surface area contributed by atoms with Crippen LogP contribution in [0.4, 0.5) is 0 Å². The van der Waals surface area contributed by atoms with Crippen molar-refractivity contribution < 1.29 is 29.3 Å². The predicted octanol–water partition coefficient (Wildman–Crippen LogP) is -0.327. The standard InChI is InChI=1S/C13H18O6Si/c1-18-13(19-2,12(16)17)10(11(14)15)8-20-9-6-4-3-5-7-9/h3-7,10H,8,20H2,1-2H3,(H,14,15)(H,16,17). The number of ether oxygens (including phenoxy) is 2. The third-order valence-electron chi connectivity index (χ3n) is 3.23. The Morgan fingerprint density at radius 3 is 2.15 bits per heavy atom. The molecule has 0 saturated carbocycles. The molecule has 0 saturated heterocycles. The van der Waals surface area contributed by atoms with E-state index >= 15 is 0 Å². The van der Waals surface area contributed by atoms with Crippen LogP contribution in [0.5, 0.6) is 0 Å². The molecule has 1 aromatic rings. The Balaban J connectivity index is 2.93. The molecule has 1 rings (SSSR count). The van der Waals surface area contributed by atoms with Crippen LogP contribution in [0, 0.1) is 5.92 Å². The van der Waals surface area contributed by atoms with Crippen LogP contribution in [0.25, 0.3) is 0 Å². The molecule has 0 aromatic heterocycles. The van der Waals surface area contributed by atoms with E-state index in [9.17, 15) is 19.8 Å². The molecular formula is C13H18O6Si. The van der Waals surface area contributed by atoms with Crippen LogP contribution in [-0.2, 0) is 19.1 Å². The number of aliphatic carboxylic acids is 2. The van der Waals surface area contributed by atoms with E-state index in [1.807, 2.05) is 30.3 Å². The molecule has 2 N–H and O–H groups in total. The Morgan fingerprint density at radius 2 is 1.75 bits per heavy atom. The molecule has 0 spiro atoms. The van der Waals surface area contributed by atoms with Gasteiger partial charge in [-0.15, -0.1) is 0 Å². The molecule has 20 heavy (non-hydrogen) atoms. The quantitative estimate of drug-likeness (QED) is 0.504. The summed E-state index contributed by atoms with van der Waals surface area (Å²) in [5.74, 6) is -6.06. The first kappa shape index (κ1) is 16.4. The summed E-state index contributed by atoms with van der Waals surface area (Å²) in [4.78, 5) is 22.7. The van der Waals surface area contributed by atoms with Crippen molar-refractivity contribution in [1.82, 2.24) is 0 Å². The van der Waals surface area contributed by atoms with Gasteiger partial charge >= 0.3 is 11.9 Å². The van der Waals surface area contributed by atoms with Gasteiger partial charge in [0.05, 0.1) is 9.52 Å². The largest absolute Gasteiger partial charge is 0.481 e. The Morgan fingerprint density at radius 1 is 1.20 bits per heavy atom. The van der Waals surface area contributed by atoms with Gasteiger partial charge < -0.3 is 19.7 Å². The van der Waals surface area contributed by atoms with Crippen molar-refractivity contribution in [3.05, 3.63) is 30.3 Å². The summed E-state index contributed by atoms with van der Waals surface area (Å²) in [6, 6.07) is 9.66. The third kappa shape index (κ3) is 3.44. The second-order valence-corrected chi connectivity index (χ2v) is 6.19. The number of methoxy groups -OCH3 is 2. The monoisotopic (exact) mass is 298 g/mol. The average molecular weight is 298 g/mol. The molecule has 1 unspecified atom stereocenters. The molecule has 0 amide bonds. The number of hydrogen-bond donors (Lipinski definition) is 2. The molecule has 1 aromatic carbocycles. The fourth-order valence-corrected chi connectivity index (χ4v) is 3.98. The molecule has 0 aliphatic carbocycles. The minimum absolute atomic E-state index is 0.229. The molecule has 0 radical (unpaired) electrons. The van der Waals surface area contributed by atoms with Gasteiger partial charge in [0.2, 0.25) is 0 Å². The lowest BCUT2D eigenvalue weighted by molar-refractivity contribution is -0.245. The molecule has 1 atom stereocenters. The van der Waals surface area contributed by atoms with Crippen molar-refractivity contribution in [3.63, 3.8) is 0 Å². The number of hydrogen-bond acceptors (Lipinski definition) is 4. The maximum absolute atomic E-state index is 11.4. The lowest BCUT2D eigenvalue weighted by Gasteiger charge is -2.31. The van der Waals surface area contributed by atoms with E-state index in [1.54, 1.807) is 0 Å². The summed E-state index contributed by atoms with van der Waals surface area (Å²) >= 11 is 0. The molecule has 0 bridgehead atoms. The average Bonchev–Trinajstić information content (AvgIpc) is 2.44. The molecule has 0 aliphatic heterocycles. The highest BCUT2D eigenvalue weighted by atomic mass is 28.2. The Kier molecular flexibility index (Phi) is 5.87. The molecule has 0 fully saturated rings. The van der Waals surface area contributed by atoms with E-state index in [1.165, 1.54) is 0 Å². The van der Waals surface area contributed by atoms with Crippen LogP contribution in [0.2, 0.25) is 6.04 Å². The predicted molar refractivity (Wildman–Crippen MR) is 74.9 cm³/mol. The number of benzene rings is 1. The van der Waals surface area contributed by atoms with Crippen molar-refractivity contribution in [2.45, 2.75) is 11.8 Å². The van der Waals surface area contributed by atoms with E-state index in [0.29, 0.717) is 0 Å². The van der Waals surface area contributed by atoms with Crippen molar-refractivity contribution in [1.29, 1.82) is 0 Å². The van der Waals surface area contributed by atoms with Crippen LogP contribution < -0.4 is 5.19 Å². The van der Waals surface area contributed by atoms with Crippen LogP contribution in [0.1, 0.15) is 0 Å². The van der Waals surface area contributed by atoms with Gasteiger partial charge in [-0.25, -0.2) is 4.79 Å². The van der Waals surface area contributed by atoms with Gasteiger partial charge in [0.1, 0.15) is 5.92 Å². The first-order valence-electron chi connectivity index (χ1n) is 6.08. The van der Waals surface area contributed by atoms with Crippen molar-refractivity contribution >= 4 is 26.6 Å². The van der Waals surface area contributed by atoms with Gasteiger partial charge in [0.25, 0.3) is 5.79 Å². The van der Waals surface area contributed by atoms with Crippen LogP contribution in [-0.4, -0.2) is 51.7 Å². The molecule has 6 nitrogen and oxygen atoms in total. The lowest BCUT2D eigenvalue weighted by Crippen LogP contribution is -2.53. The smallest absolute Gasteiger partial charge is 0.365 e. The molecule has 0 heterocycles. The normalized spacial score (nSPS) is 13.5. The second kappa shape index (κ2) is 7.18. The minimum Gasteiger partial charge on any atom is -0.481 e. The topological polar surface area (TPSA) is 93.1 Å². The fraction of sp³-hybridized carbons (Fsp3) is 0.385.